The number of nitrogens with zero attached hydrogens (tertiary/aromatic N) is 3. The van der Waals surface area contributed by atoms with Gasteiger partial charge in [0.2, 0.25) is 5.90 Å². The molecule has 4 aromatic rings. The molecule has 0 saturated carbocycles. The van der Waals surface area contributed by atoms with E-state index in [2.05, 4.69) is 4.99 Å². The Balaban J connectivity index is 1.81. The molecule has 1 amide bonds. The zero-order valence-corrected chi connectivity index (χ0v) is 20.7. The number of hydrogen-bond acceptors (Lipinski definition) is 3. The summed E-state index contributed by atoms with van der Waals surface area (Å²) < 4.78 is 11.3. The summed E-state index contributed by atoms with van der Waals surface area (Å²) in [5.41, 5.74) is 3.26. The second kappa shape index (κ2) is 12.7. The van der Waals surface area contributed by atoms with Crippen molar-refractivity contribution in [3.8, 4) is 5.75 Å². The molecular formula is C31H27N3O3. The number of amidine groups is 2. The molecule has 184 valence electrons. The van der Waals surface area contributed by atoms with Crippen LogP contribution in [-0.2, 0) is 4.74 Å². The summed E-state index contributed by atoms with van der Waals surface area (Å²) in [6.07, 6.45) is -0.782. The lowest BCUT2D eigenvalue weighted by atomic mass is 10.2. The molecule has 4 rings (SSSR count). The fourth-order valence-electron chi connectivity index (χ4n) is 3.39. The number of aliphatic imine (C=N–C) groups is 3. The van der Waals surface area contributed by atoms with Gasteiger partial charge < -0.3 is 9.47 Å². The van der Waals surface area contributed by atoms with Crippen molar-refractivity contribution in [2.24, 2.45) is 15.0 Å². The summed E-state index contributed by atoms with van der Waals surface area (Å²) in [5.74, 6) is 1.34. The van der Waals surface area contributed by atoms with E-state index < -0.39 is 6.09 Å². The first-order chi connectivity index (χ1) is 18.1. The maximum atomic E-state index is 12.8. The number of rotatable bonds is 5. The van der Waals surface area contributed by atoms with Crippen molar-refractivity contribution in [3.63, 3.8) is 0 Å². The minimum Gasteiger partial charge on any atom is -0.477 e. The molecule has 37 heavy (non-hydrogen) atoms. The topological polar surface area (TPSA) is 72.6 Å². The van der Waals surface area contributed by atoms with Gasteiger partial charge in [-0.2, -0.15) is 9.98 Å². The average Bonchev–Trinajstić information content (AvgIpc) is 2.94. The Morgan fingerprint density at radius 2 is 1.11 bits per heavy atom. The molecule has 0 aliphatic rings. The van der Waals surface area contributed by atoms with Gasteiger partial charge in [-0.1, -0.05) is 96.6 Å². The second-order valence-corrected chi connectivity index (χ2v) is 8.00. The van der Waals surface area contributed by atoms with Crippen LogP contribution in [0.3, 0.4) is 0 Å². The maximum absolute atomic E-state index is 12.8. The average molecular weight is 490 g/mol. The molecular weight excluding hydrogens is 462 g/mol. The molecule has 6 nitrogen and oxygen atoms in total. The van der Waals surface area contributed by atoms with Crippen LogP contribution in [0.25, 0.3) is 0 Å². The quantitative estimate of drug-likeness (QED) is 0.227. The summed E-state index contributed by atoms with van der Waals surface area (Å²) in [7, 11) is 0. The molecule has 0 N–H and O–H groups in total. The predicted molar refractivity (Wildman–Crippen MR) is 148 cm³/mol. The summed E-state index contributed by atoms with van der Waals surface area (Å²) in [6.45, 7) is 4.29. The van der Waals surface area contributed by atoms with E-state index in [1.165, 1.54) is 0 Å². The molecule has 0 unspecified atom stereocenters. The predicted octanol–water partition coefficient (Wildman–Crippen LogP) is 6.87. The summed E-state index contributed by atoms with van der Waals surface area (Å²) in [6, 6.07) is 35.5. The van der Waals surface area contributed by atoms with Gasteiger partial charge >= 0.3 is 6.09 Å². The number of carbonyl (C=O) groups is 1. The number of benzene rings is 4. The molecule has 0 aromatic heterocycles. The van der Waals surface area contributed by atoms with Crippen molar-refractivity contribution in [2.45, 2.75) is 13.8 Å². The van der Waals surface area contributed by atoms with Gasteiger partial charge in [-0.3, -0.25) is 0 Å². The Morgan fingerprint density at radius 3 is 1.62 bits per heavy atom. The van der Waals surface area contributed by atoms with E-state index in [4.69, 9.17) is 19.5 Å². The highest BCUT2D eigenvalue weighted by molar-refractivity contribution is 6.17. The molecule has 0 heterocycles. The number of ether oxygens (including phenoxy) is 2. The lowest BCUT2D eigenvalue weighted by Gasteiger charge is -2.10. The van der Waals surface area contributed by atoms with Crippen molar-refractivity contribution >= 4 is 23.7 Å². The number of amides is 1. The molecule has 0 saturated heterocycles. The normalized spacial score (nSPS) is 12.2. The van der Waals surface area contributed by atoms with Crippen LogP contribution in [0.4, 0.5) is 4.79 Å². The molecule has 0 bridgehead atoms. The molecule has 6 heteroatoms. The van der Waals surface area contributed by atoms with E-state index >= 15 is 0 Å². The van der Waals surface area contributed by atoms with Crippen molar-refractivity contribution in [2.75, 3.05) is 6.61 Å². The lowest BCUT2D eigenvalue weighted by molar-refractivity contribution is 0.211. The Labute approximate surface area is 216 Å². The van der Waals surface area contributed by atoms with Crippen LogP contribution in [0, 0.1) is 6.92 Å². The van der Waals surface area contributed by atoms with Crippen LogP contribution in [0.1, 0.15) is 29.2 Å². The number of hydrogen-bond donors (Lipinski definition) is 0. The minimum atomic E-state index is -0.782. The Hall–Kier alpha value is -4.84. The summed E-state index contributed by atoms with van der Waals surface area (Å²) in [4.78, 5) is 26.6. The highest BCUT2D eigenvalue weighted by atomic mass is 16.5. The first-order valence-electron chi connectivity index (χ1n) is 12.0. The van der Waals surface area contributed by atoms with E-state index in [0.29, 0.717) is 29.7 Å². The fraction of sp³-hybridized carbons (Fsp3) is 0.0968. The Morgan fingerprint density at radius 1 is 0.622 bits per heavy atom. The van der Waals surface area contributed by atoms with E-state index in [1.54, 1.807) is 12.1 Å². The second-order valence-electron chi connectivity index (χ2n) is 8.00. The molecule has 0 fully saturated rings. The van der Waals surface area contributed by atoms with Crippen LogP contribution in [-0.4, -0.2) is 30.3 Å². The van der Waals surface area contributed by atoms with E-state index in [-0.39, 0.29) is 5.84 Å². The van der Waals surface area contributed by atoms with Gasteiger partial charge in [0.25, 0.3) is 0 Å². The third-order valence-electron chi connectivity index (χ3n) is 5.21. The third kappa shape index (κ3) is 7.32. The molecule has 0 radical (unpaired) electrons. The van der Waals surface area contributed by atoms with Gasteiger partial charge in [-0.05, 0) is 38.1 Å². The fourth-order valence-corrected chi connectivity index (χ4v) is 3.39. The van der Waals surface area contributed by atoms with Gasteiger partial charge in [0.05, 0.1) is 6.61 Å². The highest BCUT2D eigenvalue weighted by Gasteiger charge is 2.13. The molecule has 0 aliphatic carbocycles. The zero-order valence-electron chi connectivity index (χ0n) is 20.7. The van der Waals surface area contributed by atoms with Crippen molar-refractivity contribution in [3.05, 3.63) is 138 Å². The summed E-state index contributed by atoms with van der Waals surface area (Å²) >= 11 is 0. The Kier molecular flexibility index (Phi) is 8.70. The van der Waals surface area contributed by atoms with Gasteiger partial charge in [-0.15, -0.1) is 0 Å². The van der Waals surface area contributed by atoms with Gasteiger partial charge in [0.1, 0.15) is 5.75 Å². The lowest BCUT2D eigenvalue weighted by Crippen LogP contribution is -2.14. The minimum absolute atomic E-state index is 0.171. The van der Waals surface area contributed by atoms with Crippen LogP contribution < -0.4 is 4.74 Å². The van der Waals surface area contributed by atoms with Crippen LogP contribution >= 0.6 is 0 Å². The first kappa shape index (κ1) is 25.3. The smallest absolute Gasteiger partial charge is 0.441 e. The van der Waals surface area contributed by atoms with Gasteiger partial charge in [-0.25, -0.2) is 9.79 Å². The van der Waals surface area contributed by atoms with Crippen LogP contribution in [0.5, 0.6) is 5.75 Å². The molecule has 0 spiro atoms. The summed E-state index contributed by atoms with van der Waals surface area (Å²) in [5, 5.41) is 0. The standard InChI is InChI=1S/C31H27N3O3/c1-3-36-30(26-17-11-6-12-18-26)33-28(24-13-7-4-8-14-24)32-29(25-15-9-5-10-16-25)34-31(35)37-27-21-19-23(2)20-22-27/h4-22H,3H2,1-2H3/b32-28?,33-30?,34-29+. The largest absolute Gasteiger partial charge is 0.477 e. The van der Waals surface area contributed by atoms with Crippen molar-refractivity contribution in [1.29, 1.82) is 0 Å². The number of aryl methyl sites for hydroxylation is 1. The molecule has 0 atom stereocenters. The van der Waals surface area contributed by atoms with Crippen LogP contribution in [0.2, 0.25) is 0 Å². The van der Waals surface area contributed by atoms with E-state index in [0.717, 1.165) is 16.7 Å². The van der Waals surface area contributed by atoms with Crippen molar-refractivity contribution in [1.82, 2.24) is 0 Å². The molecule has 4 aromatic carbocycles. The first-order valence-corrected chi connectivity index (χ1v) is 12.0. The van der Waals surface area contributed by atoms with Gasteiger partial charge in [0.15, 0.2) is 11.7 Å². The van der Waals surface area contributed by atoms with Crippen molar-refractivity contribution < 1.29 is 14.3 Å². The Bertz CT molecular complexity index is 1400. The van der Waals surface area contributed by atoms with Crippen LogP contribution in [0.15, 0.2) is 130 Å². The number of carbonyl (C=O) groups excluding carboxylic acids is 1. The molecule has 0 aliphatic heterocycles. The van der Waals surface area contributed by atoms with E-state index in [9.17, 15) is 4.79 Å². The SMILES string of the molecule is CCOC(=NC(=N/C(=N/C(=O)Oc1ccc(C)cc1)c1ccccc1)c1ccccc1)c1ccccc1. The van der Waals surface area contributed by atoms with Gasteiger partial charge in [0, 0.05) is 16.7 Å². The maximum Gasteiger partial charge on any atom is 0.441 e. The highest BCUT2D eigenvalue weighted by Crippen LogP contribution is 2.14. The third-order valence-corrected chi connectivity index (χ3v) is 5.21. The zero-order chi connectivity index (χ0) is 25.9. The monoisotopic (exact) mass is 489 g/mol. The van der Waals surface area contributed by atoms with E-state index in [1.807, 2.05) is 117 Å².